The molecule has 2 fully saturated rings. The Balaban J connectivity index is 0.00000165. The maximum atomic E-state index is 6.59. The topological polar surface area (TPSA) is 118 Å². The first-order chi connectivity index (χ1) is 20.0. The van der Waals surface area contributed by atoms with E-state index in [9.17, 15) is 0 Å². The summed E-state index contributed by atoms with van der Waals surface area (Å²) in [5.41, 5.74) is 18.3. The highest BCUT2D eigenvalue weighted by molar-refractivity contribution is 5.68. The fourth-order valence-electron chi connectivity index (χ4n) is 6.65. The summed E-state index contributed by atoms with van der Waals surface area (Å²) in [7, 11) is 0. The third-order valence-electron chi connectivity index (χ3n) is 8.90. The molecule has 8 nitrogen and oxygen atoms in total. The van der Waals surface area contributed by atoms with Crippen molar-refractivity contribution in [3.8, 4) is 0 Å². The Morgan fingerprint density at radius 1 is 1.12 bits per heavy atom. The number of hydrogen-bond acceptors (Lipinski definition) is 8. The van der Waals surface area contributed by atoms with E-state index in [0.717, 1.165) is 74.3 Å². The molecule has 0 amide bonds. The summed E-state index contributed by atoms with van der Waals surface area (Å²) in [5, 5.41) is 7.25. The lowest BCUT2D eigenvalue weighted by molar-refractivity contribution is 0.201. The lowest BCUT2D eigenvalue weighted by Gasteiger charge is -2.31. The molecule has 0 aromatic carbocycles. The van der Waals surface area contributed by atoms with Crippen LogP contribution in [0.25, 0.3) is 5.57 Å². The van der Waals surface area contributed by atoms with Crippen LogP contribution in [0.15, 0.2) is 55.0 Å². The second-order valence-electron chi connectivity index (χ2n) is 11.8. The van der Waals surface area contributed by atoms with Crippen LogP contribution in [0.4, 0.5) is 11.6 Å². The Morgan fingerprint density at radius 3 is 2.76 bits per heavy atom. The van der Waals surface area contributed by atoms with Gasteiger partial charge in [0.15, 0.2) is 0 Å². The van der Waals surface area contributed by atoms with Gasteiger partial charge in [0, 0.05) is 55.8 Å². The number of hydrogen-bond donors (Lipinski definition) is 4. The molecule has 4 heterocycles. The summed E-state index contributed by atoms with van der Waals surface area (Å²) >= 11 is 0. The van der Waals surface area contributed by atoms with E-state index in [-0.39, 0.29) is 24.0 Å². The number of piperidine rings is 1. The average molecular weight is 557 g/mol. The lowest BCUT2D eigenvalue weighted by Crippen LogP contribution is -2.42. The van der Waals surface area contributed by atoms with Gasteiger partial charge in [-0.1, -0.05) is 51.5 Å². The SMILES string of the molecule is C=C(c1cc(CN2CCCC(N)C2)ccn1)C1C=C(C2Cc3c(NCC4CCCC4)ncnc3N2)C=CC1N.CC. The molecule has 8 heteroatoms. The summed E-state index contributed by atoms with van der Waals surface area (Å²) in [5.74, 6) is 2.63. The summed E-state index contributed by atoms with van der Waals surface area (Å²) in [4.78, 5) is 16.3. The summed E-state index contributed by atoms with van der Waals surface area (Å²) in [6.07, 6.45) is 18.5. The second kappa shape index (κ2) is 13.7. The zero-order valence-electron chi connectivity index (χ0n) is 24.9. The minimum atomic E-state index is -0.140. The molecule has 2 aliphatic heterocycles. The minimum absolute atomic E-state index is 0.0206. The smallest absolute Gasteiger partial charge is 0.135 e. The van der Waals surface area contributed by atoms with Crippen molar-refractivity contribution in [1.82, 2.24) is 19.9 Å². The van der Waals surface area contributed by atoms with E-state index in [1.54, 1.807) is 6.33 Å². The van der Waals surface area contributed by atoms with Crippen LogP contribution >= 0.6 is 0 Å². The van der Waals surface area contributed by atoms with Crippen LogP contribution in [0, 0.1) is 11.8 Å². The predicted molar refractivity (Wildman–Crippen MR) is 169 cm³/mol. The van der Waals surface area contributed by atoms with Crippen molar-refractivity contribution in [3.63, 3.8) is 0 Å². The first-order valence-electron chi connectivity index (χ1n) is 15.7. The summed E-state index contributed by atoms with van der Waals surface area (Å²) in [6, 6.07) is 4.52. The maximum Gasteiger partial charge on any atom is 0.135 e. The van der Waals surface area contributed by atoms with E-state index in [1.807, 2.05) is 20.0 Å². The number of fused-ring (bicyclic) bond motifs is 1. The standard InChI is InChI=1S/C31H42N8.C2H6/c1-20(28-13-22(10-11-34-28)17-39-12-4-7-24(32)18-39)25-14-23(8-9-27(25)33)29-15-26-30(36-19-37-31(26)38-29)35-16-21-5-2-3-6-21;1-2/h8-11,13-14,19,21,24-25,27,29H,1-7,12,15-18,32-33H2,(H2,35,36,37,38);1-2H3. The van der Waals surface area contributed by atoms with Crippen LogP contribution in [0.1, 0.15) is 69.2 Å². The molecule has 220 valence electrons. The molecule has 6 N–H and O–H groups in total. The number of anilines is 2. The van der Waals surface area contributed by atoms with Crippen molar-refractivity contribution in [2.45, 2.75) is 83.5 Å². The fourth-order valence-corrected chi connectivity index (χ4v) is 6.65. The third kappa shape index (κ3) is 7.05. The average Bonchev–Trinajstić information content (AvgIpc) is 3.68. The molecule has 41 heavy (non-hydrogen) atoms. The van der Waals surface area contributed by atoms with Gasteiger partial charge in [-0.05, 0) is 67.0 Å². The van der Waals surface area contributed by atoms with Crippen LogP contribution in [0.2, 0.25) is 0 Å². The molecular formula is C33H48N8. The van der Waals surface area contributed by atoms with Gasteiger partial charge in [0.05, 0.1) is 11.7 Å². The van der Waals surface area contributed by atoms with Gasteiger partial charge in [-0.3, -0.25) is 9.88 Å². The number of nitrogens with zero attached hydrogens (tertiary/aromatic N) is 4. The molecule has 1 saturated heterocycles. The van der Waals surface area contributed by atoms with Crippen molar-refractivity contribution in [3.05, 3.63) is 71.9 Å². The van der Waals surface area contributed by atoms with E-state index >= 15 is 0 Å². The van der Waals surface area contributed by atoms with E-state index in [2.05, 4.69) is 67.4 Å². The second-order valence-corrected chi connectivity index (χ2v) is 11.8. The Hall–Kier alpha value is -3.07. The number of rotatable bonds is 8. The minimum Gasteiger partial charge on any atom is -0.369 e. The number of nitrogens with one attached hydrogen (secondary N) is 2. The highest BCUT2D eigenvalue weighted by atomic mass is 15.1. The molecular weight excluding hydrogens is 508 g/mol. The monoisotopic (exact) mass is 556 g/mol. The molecule has 2 aromatic heterocycles. The summed E-state index contributed by atoms with van der Waals surface area (Å²) in [6.45, 7) is 12.4. The van der Waals surface area contributed by atoms with Crippen molar-refractivity contribution in [2.75, 3.05) is 30.3 Å². The quantitative estimate of drug-likeness (QED) is 0.362. The van der Waals surface area contributed by atoms with E-state index in [0.29, 0.717) is 0 Å². The molecule has 4 unspecified atom stereocenters. The molecule has 4 aliphatic rings. The first kappa shape index (κ1) is 29.4. The van der Waals surface area contributed by atoms with Gasteiger partial charge in [0.25, 0.3) is 0 Å². The lowest BCUT2D eigenvalue weighted by atomic mass is 9.83. The predicted octanol–water partition coefficient (Wildman–Crippen LogP) is 4.91. The molecule has 4 atom stereocenters. The molecule has 0 radical (unpaired) electrons. The molecule has 2 aliphatic carbocycles. The van der Waals surface area contributed by atoms with E-state index < -0.39 is 0 Å². The van der Waals surface area contributed by atoms with Crippen LogP contribution in [0.5, 0.6) is 0 Å². The Labute approximate surface area is 245 Å². The first-order valence-corrected chi connectivity index (χ1v) is 15.7. The Morgan fingerprint density at radius 2 is 1.95 bits per heavy atom. The van der Waals surface area contributed by atoms with Gasteiger partial charge in [0.2, 0.25) is 0 Å². The number of aromatic nitrogens is 3. The third-order valence-corrected chi connectivity index (χ3v) is 8.90. The van der Waals surface area contributed by atoms with E-state index in [4.69, 9.17) is 11.5 Å². The molecule has 0 bridgehead atoms. The fraction of sp³-hybridized carbons (Fsp3) is 0.545. The summed E-state index contributed by atoms with van der Waals surface area (Å²) < 4.78 is 0. The maximum absolute atomic E-state index is 6.59. The largest absolute Gasteiger partial charge is 0.369 e. The van der Waals surface area contributed by atoms with Crippen LogP contribution in [-0.4, -0.2) is 57.6 Å². The highest BCUT2D eigenvalue weighted by Gasteiger charge is 2.31. The zero-order chi connectivity index (χ0) is 28.8. The normalized spacial score (nSPS) is 26.0. The highest BCUT2D eigenvalue weighted by Crippen LogP contribution is 2.36. The van der Waals surface area contributed by atoms with Crippen molar-refractivity contribution < 1.29 is 0 Å². The zero-order valence-corrected chi connectivity index (χ0v) is 24.9. The van der Waals surface area contributed by atoms with Gasteiger partial charge in [0.1, 0.15) is 18.0 Å². The number of nitrogens with two attached hydrogens (primary N) is 2. The van der Waals surface area contributed by atoms with Gasteiger partial charge in [-0.2, -0.15) is 0 Å². The van der Waals surface area contributed by atoms with Gasteiger partial charge < -0.3 is 22.1 Å². The number of likely N-dealkylation sites (tertiary alicyclic amines) is 1. The van der Waals surface area contributed by atoms with Crippen LogP contribution in [0.3, 0.4) is 0 Å². The van der Waals surface area contributed by atoms with Crippen molar-refractivity contribution in [1.29, 1.82) is 0 Å². The Kier molecular flexibility index (Phi) is 9.85. The van der Waals surface area contributed by atoms with Crippen molar-refractivity contribution in [2.24, 2.45) is 23.3 Å². The number of pyridine rings is 1. The Bertz CT molecular complexity index is 1250. The molecule has 1 saturated carbocycles. The van der Waals surface area contributed by atoms with Crippen molar-refractivity contribution >= 4 is 17.2 Å². The molecule has 2 aromatic rings. The molecule has 0 spiro atoms. The van der Waals surface area contributed by atoms with Gasteiger partial charge >= 0.3 is 0 Å². The van der Waals surface area contributed by atoms with Gasteiger partial charge in [-0.15, -0.1) is 0 Å². The van der Waals surface area contributed by atoms with Gasteiger partial charge in [-0.25, -0.2) is 9.97 Å². The van der Waals surface area contributed by atoms with E-state index in [1.165, 1.54) is 42.4 Å². The van der Waals surface area contributed by atoms with Crippen LogP contribution in [-0.2, 0) is 13.0 Å². The molecule has 6 rings (SSSR count). The van der Waals surface area contributed by atoms with Crippen LogP contribution < -0.4 is 22.1 Å².